The van der Waals surface area contributed by atoms with Gasteiger partial charge in [0.2, 0.25) is 5.91 Å². The molecule has 0 saturated heterocycles. The Balaban J connectivity index is 2.03. The summed E-state index contributed by atoms with van der Waals surface area (Å²) in [6, 6.07) is 5.71. The van der Waals surface area contributed by atoms with E-state index in [1.807, 2.05) is 18.2 Å². The zero-order valence-electron chi connectivity index (χ0n) is 13.7. The summed E-state index contributed by atoms with van der Waals surface area (Å²) in [5, 5.41) is 19.1. The van der Waals surface area contributed by atoms with E-state index in [9.17, 15) is 14.7 Å². The van der Waals surface area contributed by atoms with Gasteiger partial charge in [0.05, 0.1) is 12.6 Å². The predicted molar refractivity (Wildman–Crippen MR) is 87.5 cm³/mol. The number of aliphatic hydroxyl groups excluding tert-OH is 1. The standard InChI is InChI=1S/C17H24N2O4/c1-12(20)19-8-3-4-13-10-14(5-6-15(13)19)16(21)7-9-18(2)11-17(22)23/h5-6,10,16,21H,3-4,7-9,11H2,1-2H3,(H,22,23). The van der Waals surface area contributed by atoms with Gasteiger partial charge in [-0.05, 0) is 43.5 Å². The quantitative estimate of drug-likeness (QED) is 0.828. The van der Waals surface area contributed by atoms with E-state index < -0.39 is 12.1 Å². The van der Waals surface area contributed by atoms with Gasteiger partial charge < -0.3 is 15.1 Å². The number of amides is 1. The van der Waals surface area contributed by atoms with E-state index in [0.717, 1.165) is 36.2 Å². The highest BCUT2D eigenvalue weighted by atomic mass is 16.4. The summed E-state index contributed by atoms with van der Waals surface area (Å²) in [6.45, 7) is 2.77. The van der Waals surface area contributed by atoms with Crippen molar-refractivity contribution in [3.05, 3.63) is 29.3 Å². The maximum absolute atomic E-state index is 11.7. The summed E-state index contributed by atoms with van der Waals surface area (Å²) in [6.07, 6.45) is 1.66. The molecule has 0 aliphatic carbocycles. The average Bonchev–Trinajstić information content (AvgIpc) is 2.50. The SMILES string of the molecule is CC(=O)N1CCCc2cc(C(O)CCN(C)CC(=O)O)ccc21. The minimum atomic E-state index is -0.875. The van der Waals surface area contributed by atoms with Crippen LogP contribution in [0.15, 0.2) is 18.2 Å². The number of carbonyl (C=O) groups is 2. The molecule has 0 spiro atoms. The molecule has 1 heterocycles. The van der Waals surface area contributed by atoms with Crippen molar-refractivity contribution in [2.45, 2.75) is 32.3 Å². The lowest BCUT2D eigenvalue weighted by molar-refractivity contribution is -0.138. The number of anilines is 1. The number of nitrogens with zero attached hydrogens (tertiary/aromatic N) is 2. The normalized spacial score (nSPS) is 15.4. The van der Waals surface area contributed by atoms with E-state index in [1.54, 1.807) is 23.8 Å². The van der Waals surface area contributed by atoms with Crippen molar-refractivity contribution in [2.24, 2.45) is 0 Å². The van der Waals surface area contributed by atoms with Gasteiger partial charge in [-0.25, -0.2) is 0 Å². The Kier molecular flexibility index (Phi) is 5.74. The summed E-state index contributed by atoms with van der Waals surface area (Å²) in [5.74, 6) is -0.838. The Hall–Kier alpha value is -1.92. The van der Waals surface area contributed by atoms with Gasteiger partial charge in [0.25, 0.3) is 0 Å². The average molecular weight is 320 g/mol. The first-order valence-corrected chi connectivity index (χ1v) is 7.88. The number of hydrogen-bond acceptors (Lipinski definition) is 4. The second-order valence-corrected chi connectivity index (χ2v) is 6.10. The van der Waals surface area contributed by atoms with Crippen LogP contribution in [-0.4, -0.2) is 53.7 Å². The highest BCUT2D eigenvalue weighted by Crippen LogP contribution is 2.30. The first kappa shape index (κ1) is 17.4. The fourth-order valence-electron chi connectivity index (χ4n) is 2.97. The van der Waals surface area contributed by atoms with Crippen LogP contribution in [0.1, 0.15) is 37.0 Å². The number of carboxylic acid groups (broad SMARTS) is 1. The molecule has 1 aliphatic heterocycles. The van der Waals surface area contributed by atoms with Crippen LogP contribution in [0.3, 0.4) is 0 Å². The van der Waals surface area contributed by atoms with Gasteiger partial charge in [-0.3, -0.25) is 14.5 Å². The van der Waals surface area contributed by atoms with Gasteiger partial charge in [0.15, 0.2) is 0 Å². The number of aryl methyl sites for hydroxylation is 1. The summed E-state index contributed by atoms with van der Waals surface area (Å²) in [4.78, 5) is 25.7. The predicted octanol–water partition coefficient (Wildman–Crippen LogP) is 1.43. The molecule has 126 valence electrons. The van der Waals surface area contributed by atoms with Crippen molar-refractivity contribution in [2.75, 3.05) is 31.6 Å². The lowest BCUT2D eigenvalue weighted by atomic mass is 9.96. The molecule has 1 unspecified atom stereocenters. The molecule has 0 radical (unpaired) electrons. The number of benzene rings is 1. The van der Waals surface area contributed by atoms with Crippen molar-refractivity contribution in [3.63, 3.8) is 0 Å². The lowest BCUT2D eigenvalue weighted by Gasteiger charge is -2.29. The monoisotopic (exact) mass is 320 g/mol. The van der Waals surface area contributed by atoms with Crippen molar-refractivity contribution < 1.29 is 19.8 Å². The molecule has 0 fully saturated rings. The summed E-state index contributed by atoms with van der Waals surface area (Å²) < 4.78 is 0. The topological polar surface area (TPSA) is 81.1 Å². The van der Waals surface area contributed by atoms with Crippen LogP contribution in [0, 0.1) is 0 Å². The molecule has 23 heavy (non-hydrogen) atoms. The third kappa shape index (κ3) is 4.53. The minimum absolute atomic E-state index is 0.0366. The number of rotatable bonds is 6. The van der Waals surface area contributed by atoms with Crippen LogP contribution in [-0.2, 0) is 16.0 Å². The van der Waals surface area contributed by atoms with Crippen molar-refractivity contribution in [1.29, 1.82) is 0 Å². The van der Waals surface area contributed by atoms with Gasteiger partial charge in [-0.2, -0.15) is 0 Å². The van der Waals surface area contributed by atoms with Gasteiger partial charge in [-0.15, -0.1) is 0 Å². The number of aliphatic hydroxyl groups is 1. The molecule has 2 N–H and O–H groups in total. The Labute approximate surface area is 136 Å². The van der Waals surface area contributed by atoms with E-state index in [4.69, 9.17) is 5.11 Å². The first-order chi connectivity index (χ1) is 10.9. The molecule has 0 bridgehead atoms. The molecular weight excluding hydrogens is 296 g/mol. The lowest BCUT2D eigenvalue weighted by Crippen LogP contribution is -2.33. The Morgan fingerprint density at radius 3 is 2.78 bits per heavy atom. The fourth-order valence-corrected chi connectivity index (χ4v) is 2.97. The molecule has 1 aromatic rings. The molecular formula is C17H24N2O4. The molecule has 1 atom stereocenters. The van der Waals surface area contributed by atoms with Crippen molar-refractivity contribution >= 4 is 17.6 Å². The summed E-state index contributed by atoms with van der Waals surface area (Å²) >= 11 is 0. The third-order valence-electron chi connectivity index (χ3n) is 4.18. The van der Waals surface area contributed by atoms with E-state index >= 15 is 0 Å². The third-order valence-corrected chi connectivity index (χ3v) is 4.18. The van der Waals surface area contributed by atoms with Crippen LogP contribution >= 0.6 is 0 Å². The zero-order chi connectivity index (χ0) is 17.0. The van der Waals surface area contributed by atoms with Crippen molar-refractivity contribution in [1.82, 2.24) is 4.90 Å². The number of carboxylic acids is 1. The molecule has 6 heteroatoms. The summed E-state index contributed by atoms with van der Waals surface area (Å²) in [5.41, 5.74) is 2.84. The minimum Gasteiger partial charge on any atom is -0.480 e. The smallest absolute Gasteiger partial charge is 0.317 e. The van der Waals surface area contributed by atoms with Crippen LogP contribution in [0.2, 0.25) is 0 Å². The van der Waals surface area contributed by atoms with E-state index in [1.165, 1.54) is 0 Å². The highest BCUT2D eigenvalue weighted by Gasteiger charge is 2.21. The zero-order valence-corrected chi connectivity index (χ0v) is 13.7. The van der Waals surface area contributed by atoms with Crippen LogP contribution in [0.25, 0.3) is 0 Å². The Morgan fingerprint density at radius 2 is 2.13 bits per heavy atom. The van der Waals surface area contributed by atoms with Gasteiger partial charge >= 0.3 is 5.97 Å². The van der Waals surface area contributed by atoms with Gasteiger partial charge in [0.1, 0.15) is 0 Å². The van der Waals surface area contributed by atoms with Crippen LogP contribution < -0.4 is 4.90 Å². The van der Waals surface area contributed by atoms with E-state index in [-0.39, 0.29) is 12.5 Å². The largest absolute Gasteiger partial charge is 0.480 e. The van der Waals surface area contributed by atoms with Crippen molar-refractivity contribution in [3.8, 4) is 0 Å². The Bertz CT molecular complexity index is 588. The molecule has 1 aromatic carbocycles. The number of hydrogen-bond donors (Lipinski definition) is 2. The van der Waals surface area contributed by atoms with Crippen LogP contribution in [0.5, 0.6) is 0 Å². The number of fused-ring (bicyclic) bond motifs is 1. The summed E-state index contributed by atoms with van der Waals surface area (Å²) in [7, 11) is 1.72. The molecule has 2 rings (SSSR count). The maximum Gasteiger partial charge on any atom is 0.317 e. The highest BCUT2D eigenvalue weighted by molar-refractivity contribution is 5.92. The molecule has 0 aromatic heterocycles. The second-order valence-electron chi connectivity index (χ2n) is 6.10. The number of carbonyl (C=O) groups excluding carboxylic acids is 1. The number of aliphatic carboxylic acids is 1. The maximum atomic E-state index is 11.7. The van der Waals surface area contributed by atoms with E-state index in [2.05, 4.69) is 0 Å². The molecule has 1 amide bonds. The van der Waals surface area contributed by atoms with Gasteiger partial charge in [-0.1, -0.05) is 12.1 Å². The first-order valence-electron chi connectivity index (χ1n) is 7.88. The fraction of sp³-hybridized carbons (Fsp3) is 0.529. The molecule has 0 saturated carbocycles. The Morgan fingerprint density at radius 1 is 1.39 bits per heavy atom. The number of likely N-dealkylation sites (N-methyl/N-ethyl adjacent to an activating group) is 1. The molecule has 1 aliphatic rings. The van der Waals surface area contributed by atoms with E-state index in [0.29, 0.717) is 13.0 Å². The van der Waals surface area contributed by atoms with Gasteiger partial charge in [0, 0.05) is 25.7 Å². The second kappa shape index (κ2) is 7.57. The molecule has 6 nitrogen and oxygen atoms in total. The van der Waals surface area contributed by atoms with Crippen LogP contribution in [0.4, 0.5) is 5.69 Å².